The van der Waals surface area contributed by atoms with Gasteiger partial charge in [0.2, 0.25) is 0 Å². The van der Waals surface area contributed by atoms with E-state index in [1.807, 2.05) is 38.1 Å². The number of para-hydroxylation sites is 1. The first-order chi connectivity index (χ1) is 10.1. The number of anilines is 1. The molecule has 2 aliphatic rings. The molecule has 0 aromatic heterocycles. The second-order valence-electron chi connectivity index (χ2n) is 6.14. The maximum atomic E-state index is 12.6. The van der Waals surface area contributed by atoms with Crippen molar-refractivity contribution in [2.45, 2.75) is 57.3 Å². The Morgan fingerprint density at radius 2 is 1.95 bits per heavy atom. The number of esters is 1. The van der Waals surface area contributed by atoms with Crippen LogP contribution in [-0.4, -0.2) is 30.8 Å². The molecule has 3 unspecified atom stereocenters. The molecule has 3 atom stereocenters. The van der Waals surface area contributed by atoms with Gasteiger partial charge in [-0.15, -0.1) is 0 Å². The van der Waals surface area contributed by atoms with E-state index in [0.717, 1.165) is 37.1 Å². The molecular weight excluding hydrogens is 266 g/mol. The predicted molar refractivity (Wildman–Crippen MR) is 81.4 cm³/mol. The van der Waals surface area contributed by atoms with Crippen LogP contribution in [0, 0.1) is 0 Å². The Kier molecular flexibility index (Phi) is 4.15. The fraction of sp³-hybridized carbons (Fsp3) is 0.588. The van der Waals surface area contributed by atoms with Crippen LogP contribution in [0.3, 0.4) is 0 Å². The quantitative estimate of drug-likeness (QED) is 0.850. The smallest absolute Gasteiger partial charge is 0.313 e. The van der Waals surface area contributed by atoms with Gasteiger partial charge in [-0.2, -0.15) is 0 Å². The molecule has 1 saturated heterocycles. The van der Waals surface area contributed by atoms with Crippen LogP contribution in [0.4, 0.5) is 5.69 Å². The molecule has 1 aromatic rings. The van der Waals surface area contributed by atoms with E-state index in [0.29, 0.717) is 0 Å². The number of carbonyl (C=O) groups excluding carboxylic acids is 1. The molecule has 1 fully saturated rings. The van der Waals surface area contributed by atoms with E-state index in [2.05, 4.69) is 5.32 Å². The normalized spacial score (nSPS) is 31.9. The first-order valence-corrected chi connectivity index (χ1v) is 7.82. The van der Waals surface area contributed by atoms with Gasteiger partial charge in [-0.25, -0.2) is 0 Å². The lowest BCUT2D eigenvalue weighted by Gasteiger charge is -2.33. The fourth-order valence-electron chi connectivity index (χ4n) is 3.40. The van der Waals surface area contributed by atoms with Gasteiger partial charge < -0.3 is 14.8 Å². The number of hydrogen-bond donors (Lipinski definition) is 1. The van der Waals surface area contributed by atoms with Crippen molar-refractivity contribution in [3.8, 4) is 0 Å². The highest BCUT2D eigenvalue weighted by Gasteiger charge is 2.32. The van der Waals surface area contributed by atoms with E-state index in [9.17, 15) is 4.79 Å². The number of ether oxygens (including phenoxy) is 2. The summed E-state index contributed by atoms with van der Waals surface area (Å²) >= 11 is 0. The fourth-order valence-corrected chi connectivity index (χ4v) is 3.40. The van der Waals surface area contributed by atoms with Gasteiger partial charge in [0, 0.05) is 25.1 Å². The summed E-state index contributed by atoms with van der Waals surface area (Å²) < 4.78 is 11.5. The van der Waals surface area contributed by atoms with Crippen molar-refractivity contribution in [2.24, 2.45) is 0 Å². The zero-order valence-electron chi connectivity index (χ0n) is 12.7. The van der Waals surface area contributed by atoms with E-state index >= 15 is 0 Å². The van der Waals surface area contributed by atoms with Gasteiger partial charge in [-0.3, -0.25) is 4.79 Å². The number of nitrogens with one attached hydrogen (secondary N) is 1. The monoisotopic (exact) mass is 289 g/mol. The van der Waals surface area contributed by atoms with Crippen molar-refractivity contribution in [2.75, 3.05) is 11.9 Å². The van der Waals surface area contributed by atoms with E-state index in [1.165, 1.54) is 0 Å². The molecule has 21 heavy (non-hydrogen) atoms. The first kappa shape index (κ1) is 14.4. The van der Waals surface area contributed by atoms with Gasteiger partial charge in [0.1, 0.15) is 6.10 Å². The molecule has 0 aliphatic carbocycles. The van der Waals surface area contributed by atoms with Gasteiger partial charge >= 0.3 is 5.97 Å². The van der Waals surface area contributed by atoms with Crippen molar-refractivity contribution in [3.63, 3.8) is 0 Å². The van der Waals surface area contributed by atoms with E-state index in [-0.39, 0.29) is 30.2 Å². The van der Waals surface area contributed by atoms with Crippen molar-refractivity contribution >= 4 is 11.7 Å². The third-order valence-electron chi connectivity index (χ3n) is 4.31. The number of carbonyl (C=O) groups is 1. The third-order valence-corrected chi connectivity index (χ3v) is 4.31. The van der Waals surface area contributed by atoms with Crippen LogP contribution >= 0.6 is 0 Å². The van der Waals surface area contributed by atoms with Gasteiger partial charge in [0.25, 0.3) is 0 Å². The standard InChI is InChI=1S/C17H23NO3/c1-11-9-13(10-12(2)20-11)21-17(19)15-7-8-18-16-6-4-3-5-14(15)16/h3-6,11-13,15,18H,7-10H2,1-2H3. The SMILES string of the molecule is CC1CC(OC(=O)C2CCNc3ccccc32)CC(C)O1. The van der Waals surface area contributed by atoms with Gasteiger partial charge in [0.15, 0.2) is 0 Å². The molecule has 2 aliphatic heterocycles. The van der Waals surface area contributed by atoms with Crippen molar-refractivity contribution in [1.29, 1.82) is 0 Å². The molecule has 114 valence electrons. The van der Waals surface area contributed by atoms with Gasteiger partial charge in [-0.1, -0.05) is 18.2 Å². The summed E-state index contributed by atoms with van der Waals surface area (Å²) in [5, 5.41) is 3.34. The molecule has 0 radical (unpaired) electrons. The van der Waals surface area contributed by atoms with Crippen LogP contribution in [0.2, 0.25) is 0 Å². The second-order valence-corrected chi connectivity index (χ2v) is 6.14. The molecule has 0 saturated carbocycles. The largest absolute Gasteiger partial charge is 0.462 e. The number of benzene rings is 1. The summed E-state index contributed by atoms with van der Waals surface area (Å²) in [5.41, 5.74) is 2.11. The summed E-state index contributed by atoms with van der Waals surface area (Å²) in [6.07, 6.45) is 2.69. The Bertz CT molecular complexity index is 507. The second kappa shape index (κ2) is 6.06. The Balaban J connectivity index is 1.69. The Morgan fingerprint density at radius 1 is 1.24 bits per heavy atom. The lowest BCUT2D eigenvalue weighted by Crippen LogP contribution is -2.37. The molecular formula is C17H23NO3. The Labute approximate surface area is 125 Å². The average Bonchev–Trinajstić information content (AvgIpc) is 2.45. The minimum absolute atomic E-state index is 0.0155. The topological polar surface area (TPSA) is 47.6 Å². The highest BCUT2D eigenvalue weighted by molar-refractivity contribution is 5.81. The first-order valence-electron chi connectivity index (χ1n) is 7.82. The van der Waals surface area contributed by atoms with E-state index in [1.54, 1.807) is 0 Å². The molecule has 0 spiro atoms. The summed E-state index contributed by atoms with van der Waals surface area (Å²) in [5.74, 6) is -0.230. The predicted octanol–water partition coefficient (Wildman–Crippen LogP) is 3.09. The number of hydrogen-bond acceptors (Lipinski definition) is 4. The summed E-state index contributed by atoms with van der Waals surface area (Å²) in [6.45, 7) is 4.89. The number of rotatable bonds is 2. The highest BCUT2D eigenvalue weighted by Crippen LogP contribution is 2.33. The van der Waals surface area contributed by atoms with Crippen molar-refractivity contribution in [1.82, 2.24) is 0 Å². The van der Waals surface area contributed by atoms with Crippen LogP contribution in [0.5, 0.6) is 0 Å². The van der Waals surface area contributed by atoms with E-state index in [4.69, 9.17) is 9.47 Å². The van der Waals surface area contributed by atoms with Gasteiger partial charge in [-0.05, 0) is 31.9 Å². The zero-order valence-corrected chi connectivity index (χ0v) is 12.7. The lowest BCUT2D eigenvalue weighted by molar-refractivity contribution is -0.161. The maximum Gasteiger partial charge on any atom is 0.313 e. The molecule has 4 heteroatoms. The molecule has 1 aromatic carbocycles. The maximum absolute atomic E-state index is 12.6. The summed E-state index contributed by atoms with van der Waals surface area (Å²) in [6, 6.07) is 8.00. The Morgan fingerprint density at radius 3 is 2.71 bits per heavy atom. The molecule has 0 amide bonds. The van der Waals surface area contributed by atoms with Crippen LogP contribution in [0.15, 0.2) is 24.3 Å². The number of fused-ring (bicyclic) bond motifs is 1. The average molecular weight is 289 g/mol. The van der Waals surface area contributed by atoms with Crippen LogP contribution in [0.25, 0.3) is 0 Å². The summed E-state index contributed by atoms with van der Waals surface area (Å²) in [4.78, 5) is 12.6. The van der Waals surface area contributed by atoms with Crippen molar-refractivity contribution in [3.05, 3.63) is 29.8 Å². The minimum Gasteiger partial charge on any atom is -0.462 e. The van der Waals surface area contributed by atoms with Crippen LogP contribution in [-0.2, 0) is 14.3 Å². The highest BCUT2D eigenvalue weighted by atomic mass is 16.6. The molecule has 0 bridgehead atoms. The minimum atomic E-state index is -0.143. The molecule has 2 heterocycles. The van der Waals surface area contributed by atoms with Crippen LogP contribution < -0.4 is 5.32 Å². The molecule has 1 N–H and O–H groups in total. The van der Waals surface area contributed by atoms with Gasteiger partial charge in [0.05, 0.1) is 18.1 Å². The van der Waals surface area contributed by atoms with Crippen molar-refractivity contribution < 1.29 is 14.3 Å². The third kappa shape index (κ3) is 3.21. The lowest BCUT2D eigenvalue weighted by atomic mass is 9.91. The Hall–Kier alpha value is -1.55. The summed E-state index contributed by atoms with van der Waals surface area (Å²) in [7, 11) is 0. The molecule has 3 rings (SSSR count). The van der Waals surface area contributed by atoms with Crippen LogP contribution in [0.1, 0.15) is 44.6 Å². The zero-order chi connectivity index (χ0) is 14.8. The van der Waals surface area contributed by atoms with E-state index < -0.39 is 0 Å². The molecule has 4 nitrogen and oxygen atoms in total.